The molecule has 0 saturated carbocycles. The van der Waals surface area contributed by atoms with Gasteiger partial charge in [-0.15, -0.1) is 0 Å². The Bertz CT molecular complexity index is 840. The minimum Gasteiger partial charge on any atom is -0.345 e. The summed E-state index contributed by atoms with van der Waals surface area (Å²) in [6.45, 7) is 7.27. The van der Waals surface area contributed by atoms with Crippen molar-refractivity contribution in [1.82, 2.24) is 14.4 Å². The summed E-state index contributed by atoms with van der Waals surface area (Å²) in [6.07, 6.45) is 1.39. The van der Waals surface area contributed by atoms with Crippen LogP contribution in [0.1, 0.15) is 25.5 Å². The van der Waals surface area contributed by atoms with Crippen LogP contribution in [0.5, 0.6) is 0 Å². The molecule has 27 heavy (non-hydrogen) atoms. The summed E-state index contributed by atoms with van der Waals surface area (Å²) in [5, 5.41) is 4.14. The zero-order valence-electron chi connectivity index (χ0n) is 16.8. The molecule has 2 heterocycles. The molecule has 1 aromatic carbocycles. The van der Waals surface area contributed by atoms with E-state index in [9.17, 15) is 9.59 Å². The Morgan fingerprint density at radius 2 is 2.04 bits per heavy atom. The molecule has 0 unspecified atom stereocenters. The number of nitrogens with one attached hydrogen (secondary N) is 1. The summed E-state index contributed by atoms with van der Waals surface area (Å²) in [7, 11) is 3.97. The predicted molar refractivity (Wildman–Crippen MR) is 109 cm³/mol. The third-order valence-corrected chi connectivity index (χ3v) is 5.23. The Labute approximate surface area is 161 Å². The van der Waals surface area contributed by atoms with Crippen molar-refractivity contribution in [2.24, 2.45) is 5.92 Å². The van der Waals surface area contributed by atoms with E-state index in [4.69, 9.17) is 0 Å². The van der Waals surface area contributed by atoms with E-state index in [1.165, 1.54) is 11.2 Å². The molecule has 3 rings (SSSR count). The van der Waals surface area contributed by atoms with Crippen molar-refractivity contribution in [3.8, 4) is 0 Å². The highest BCUT2D eigenvalue weighted by molar-refractivity contribution is 5.98. The van der Waals surface area contributed by atoms with Gasteiger partial charge in [-0.25, -0.2) is 0 Å². The Morgan fingerprint density at radius 3 is 2.74 bits per heavy atom. The minimum atomic E-state index is -0.276. The van der Waals surface area contributed by atoms with E-state index in [1.54, 1.807) is 4.90 Å². The van der Waals surface area contributed by atoms with Crippen molar-refractivity contribution in [2.75, 3.05) is 39.0 Å². The molecular formula is C21H30N4O2. The highest BCUT2D eigenvalue weighted by atomic mass is 16.2. The van der Waals surface area contributed by atoms with Crippen LogP contribution in [-0.2, 0) is 16.1 Å². The molecule has 6 nitrogen and oxygen atoms in total. The monoisotopic (exact) mass is 370 g/mol. The summed E-state index contributed by atoms with van der Waals surface area (Å²) < 4.78 is 2.30. The fourth-order valence-electron chi connectivity index (χ4n) is 3.74. The number of likely N-dealkylation sites (N-methyl/N-ethyl adjacent to an activating group) is 1. The highest BCUT2D eigenvalue weighted by Crippen LogP contribution is 2.25. The number of aromatic nitrogens is 1. The number of amides is 2. The molecule has 1 saturated heterocycles. The zero-order chi connectivity index (χ0) is 19.6. The first-order valence-corrected chi connectivity index (χ1v) is 9.72. The molecule has 2 aromatic rings. The van der Waals surface area contributed by atoms with E-state index in [0.29, 0.717) is 19.5 Å². The molecule has 2 amide bonds. The predicted octanol–water partition coefficient (Wildman–Crippen LogP) is 2.71. The van der Waals surface area contributed by atoms with E-state index in [0.717, 1.165) is 30.6 Å². The topological polar surface area (TPSA) is 57.6 Å². The van der Waals surface area contributed by atoms with Crippen LogP contribution in [0.3, 0.4) is 0 Å². The van der Waals surface area contributed by atoms with E-state index in [1.807, 2.05) is 31.1 Å². The first kappa shape index (κ1) is 19.4. The van der Waals surface area contributed by atoms with Gasteiger partial charge < -0.3 is 19.7 Å². The van der Waals surface area contributed by atoms with Crippen LogP contribution in [0.15, 0.2) is 24.3 Å². The average Bonchev–Trinajstić information content (AvgIpc) is 3.13. The van der Waals surface area contributed by atoms with Crippen LogP contribution in [0, 0.1) is 12.8 Å². The lowest BCUT2D eigenvalue weighted by molar-refractivity contribution is -0.128. The number of fused-ring (bicyclic) bond motifs is 1. The largest absolute Gasteiger partial charge is 0.345 e. The minimum absolute atomic E-state index is 0.0692. The van der Waals surface area contributed by atoms with Crippen LogP contribution in [0.25, 0.3) is 10.9 Å². The third-order valence-electron chi connectivity index (χ3n) is 5.23. The maximum absolute atomic E-state index is 12.6. The molecule has 1 N–H and O–H groups in total. The molecule has 6 heteroatoms. The van der Waals surface area contributed by atoms with Gasteiger partial charge in [0.1, 0.15) is 0 Å². The fourth-order valence-corrected chi connectivity index (χ4v) is 3.74. The summed E-state index contributed by atoms with van der Waals surface area (Å²) in [5.41, 5.74) is 3.21. The number of aryl methyl sites for hydroxylation is 2. The van der Waals surface area contributed by atoms with E-state index >= 15 is 0 Å². The summed E-state index contributed by atoms with van der Waals surface area (Å²) in [4.78, 5) is 28.6. The molecule has 1 atom stereocenters. The van der Waals surface area contributed by atoms with Crippen molar-refractivity contribution < 1.29 is 9.59 Å². The molecule has 0 aliphatic carbocycles. The molecule has 1 aliphatic rings. The van der Waals surface area contributed by atoms with Gasteiger partial charge in [0.25, 0.3) is 0 Å². The number of nitrogens with zero attached hydrogens (tertiary/aromatic N) is 3. The van der Waals surface area contributed by atoms with Crippen LogP contribution >= 0.6 is 0 Å². The first-order valence-electron chi connectivity index (χ1n) is 9.72. The van der Waals surface area contributed by atoms with Gasteiger partial charge in [-0.1, -0.05) is 6.92 Å². The van der Waals surface area contributed by atoms with Gasteiger partial charge in [0, 0.05) is 54.9 Å². The number of likely N-dealkylation sites (tertiary alicyclic amines) is 1. The maximum Gasteiger partial charge on any atom is 0.229 e. The second kappa shape index (κ2) is 8.13. The lowest BCUT2D eigenvalue weighted by Crippen LogP contribution is -2.33. The van der Waals surface area contributed by atoms with Gasteiger partial charge >= 0.3 is 0 Å². The van der Waals surface area contributed by atoms with Gasteiger partial charge in [0.05, 0.1) is 5.92 Å². The molecule has 1 fully saturated rings. The molecule has 1 aliphatic heterocycles. The summed E-state index contributed by atoms with van der Waals surface area (Å²) >= 11 is 0. The zero-order valence-corrected chi connectivity index (χ0v) is 16.8. The van der Waals surface area contributed by atoms with Crippen LogP contribution in [0.2, 0.25) is 0 Å². The standard InChI is InChI=1S/C21H30N4O2/c1-5-8-25-15(2)11-16-12-18(6-7-19(16)25)22-21(27)17-13-20(26)24(14-17)10-9-23(3)4/h6-7,11-12,17H,5,8-10,13-14H2,1-4H3,(H,22,27)/t17-/m1/s1. The van der Waals surface area contributed by atoms with Crippen molar-refractivity contribution >= 4 is 28.4 Å². The number of carbonyl (C=O) groups is 2. The number of rotatable bonds is 7. The molecular weight excluding hydrogens is 340 g/mol. The molecule has 0 bridgehead atoms. The van der Waals surface area contributed by atoms with Gasteiger partial charge in [0.2, 0.25) is 11.8 Å². The maximum atomic E-state index is 12.6. The molecule has 0 spiro atoms. The Morgan fingerprint density at radius 1 is 1.26 bits per heavy atom. The van der Waals surface area contributed by atoms with Crippen molar-refractivity contribution in [3.05, 3.63) is 30.0 Å². The van der Waals surface area contributed by atoms with Gasteiger partial charge in [-0.2, -0.15) is 0 Å². The Hall–Kier alpha value is -2.34. The smallest absolute Gasteiger partial charge is 0.229 e. The number of hydrogen-bond acceptors (Lipinski definition) is 3. The van der Waals surface area contributed by atoms with Crippen LogP contribution in [-0.4, -0.2) is 59.9 Å². The van der Waals surface area contributed by atoms with Crippen LogP contribution in [0.4, 0.5) is 5.69 Å². The Balaban J connectivity index is 1.66. The highest BCUT2D eigenvalue weighted by Gasteiger charge is 2.34. The first-order chi connectivity index (χ1) is 12.9. The summed E-state index contributed by atoms with van der Waals surface area (Å²) in [6, 6.07) is 8.19. The van der Waals surface area contributed by atoms with Crippen molar-refractivity contribution in [3.63, 3.8) is 0 Å². The van der Waals surface area contributed by atoms with Crippen molar-refractivity contribution in [2.45, 2.75) is 33.2 Å². The quantitative estimate of drug-likeness (QED) is 0.815. The summed E-state index contributed by atoms with van der Waals surface area (Å²) in [5.74, 6) is -0.277. The average molecular weight is 370 g/mol. The number of carbonyl (C=O) groups excluding carboxylic acids is 2. The number of benzene rings is 1. The van der Waals surface area contributed by atoms with Crippen LogP contribution < -0.4 is 5.32 Å². The third kappa shape index (κ3) is 4.33. The van der Waals surface area contributed by atoms with Gasteiger partial charge in [-0.05, 0) is 51.7 Å². The second-order valence-corrected chi connectivity index (χ2v) is 7.74. The molecule has 0 radical (unpaired) electrons. The molecule has 1 aromatic heterocycles. The van der Waals surface area contributed by atoms with Gasteiger partial charge in [0.15, 0.2) is 0 Å². The Kier molecular flexibility index (Phi) is 5.85. The molecule has 146 valence electrons. The number of hydrogen-bond donors (Lipinski definition) is 1. The van der Waals surface area contributed by atoms with Gasteiger partial charge in [-0.3, -0.25) is 9.59 Å². The van der Waals surface area contributed by atoms with E-state index < -0.39 is 0 Å². The second-order valence-electron chi connectivity index (χ2n) is 7.74. The lowest BCUT2D eigenvalue weighted by atomic mass is 10.1. The van der Waals surface area contributed by atoms with Crippen molar-refractivity contribution in [1.29, 1.82) is 0 Å². The van der Waals surface area contributed by atoms with E-state index in [2.05, 4.69) is 35.9 Å². The fraction of sp³-hybridized carbons (Fsp3) is 0.524. The SMILES string of the molecule is CCCn1c(C)cc2cc(NC(=O)[C@@H]3CC(=O)N(CCN(C)C)C3)ccc21. The lowest BCUT2D eigenvalue weighted by Gasteiger charge is -2.19. The number of anilines is 1. The van der Waals surface area contributed by atoms with E-state index in [-0.39, 0.29) is 17.7 Å². The normalized spacial score (nSPS) is 17.3.